The van der Waals surface area contributed by atoms with Crippen LogP contribution in [0, 0.1) is 5.92 Å². The van der Waals surface area contributed by atoms with Gasteiger partial charge >= 0.3 is 5.76 Å². The van der Waals surface area contributed by atoms with Crippen LogP contribution in [0.5, 0.6) is 0 Å². The highest BCUT2D eigenvalue weighted by Gasteiger charge is 2.15. The van der Waals surface area contributed by atoms with Gasteiger partial charge in [0, 0.05) is 26.7 Å². The highest BCUT2D eigenvalue weighted by molar-refractivity contribution is 5.73. The molecular formula is C14H19N3O2. The third-order valence-corrected chi connectivity index (χ3v) is 3.75. The number of hydrogen-bond donors (Lipinski definition) is 2. The average molecular weight is 261 g/mol. The smallest absolute Gasteiger partial charge is 0.408 e. The second-order valence-corrected chi connectivity index (χ2v) is 5.21. The monoisotopic (exact) mass is 261 g/mol. The Bertz CT molecular complexity index is 625. The molecule has 5 heteroatoms. The van der Waals surface area contributed by atoms with Crippen LogP contribution >= 0.6 is 0 Å². The van der Waals surface area contributed by atoms with Gasteiger partial charge in [-0.2, -0.15) is 0 Å². The van der Waals surface area contributed by atoms with E-state index < -0.39 is 0 Å². The molecule has 0 bridgehead atoms. The van der Waals surface area contributed by atoms with Crippen LogP contribution < -0.4 is 16.4 Å². The topological polar surface area (TPSA) is 59.2 Å². The third-order valence-electron chi connectivity index (χ3n) is 3.75. The van der Waals surface area contributed by atoms with E-state index in [1.54, 1.807) is 11.6 Å². The SMILES string of the molecule is Cn1c(=O)oc2ccc(CCNCC3CNC3)cc21. The maximum absolute atomic E-state index is 11.4. The van der Waals surface area contributed by atoms with Crippen molar-refractivity contribution in [3.63, 3.8) is 0 Å². The number of hydrogen-bond acceptors (Lipinski definition) is 4. The van der Waals surface area contributed by atoms with Crippen molar-refractivity contribution < 1.29 is 4.42 Å². The molecule has 5 nitrogen and oxygen atoms in total. The molecule has 1 fully saturated rings. The molecule has 2 N–H and O–H groups in total. The number of aromatic nitrogens is 1. The fraction of sp³-hybridized carbons (Fsp3) is 0.500. The molecule has 3 rings (SSSR count). The Morgan fingerprint density at radius 2 is 2.32 bits per heavy atom. The van der Waals surface area contributed by atoms with Crippen molar-refractivity contribution in [1.29, 1.82) is 0 Å². The fourth-order valence-corrected chi connectivity index (χ4v) is 2.36. The summed E-state index contributed by atoms with van der Waals surface area (Å²) in [5.74, 6) is 0.486. The summed E-state index contributed by atoms with van der Waals surface area (Å²) in [5.41, 5.74) is 2.75. The minimum atomic E-state index is -0.303. The Morgan fingerprint density at radius 1 is 1.47 bits per heavy atom. The van der Waals surface area contributed by atoms with E-state index in [0.29, 0.717) is 5.58 Å². The summed E-state index contributed by atoms with van der Waals surface area (Å²) < 4.78 is 6.67. The van der Waals surface area contributed by atoms with Crippen molar-refractivity contribution >= 4 is 11.1 Å². The van der Waals surface area contributed by atoms with Crippen LogP contribution in [0.3, 0.4) is 0 Å². The molecule has 1 aliphatic rings. The summed E-state index contributed by atoms with van der Waals surface area (Å²) in [4.78, 5) is 11.4. The van der Waals surface area contributed by atoms with Crippen LogP contribution in [-0.2, 0) is 13.5 Å². The maximum Gasteiger partial charge on any atom is 0.419 e. The van der Waals surface area contributed by atoms with Gasteiger partial charge in [0.05, 0.1) is 5.52 Å². The van der Waals surface area contributed by atoms with E-state index in [2.05, 4.69) is 10.6 Å². The molecule has 0 spiro atoms. The molecule has 1 aliphatic heterocycles. The lowest BCUT2D eigenvalue weighted by Gasteiger charge is -2.27. The van der Waals surface area contributed by atoms with E-state index >= 15 is 0 Å². The molecule has 2 aromatic rings. The first-order chi connectivity index (χ1) is 9.24. The Morgan fingerprint density at radius 3 is 3.05 bits per heavy atom. The molecular weight excluding hydrogens is 242 g/mol. The zero-order valence-electron chi connectivity index (χ0n) is 11.1. The number of rotatable bonds is 5. The summed E-state index contributed by atoms with van der Waals surface area (Å²) in [6, 6.07) is 5.94. The molecule has 1 aromatic heterocycles. The summed E-state index contributed by atoms with van der Waals surface area (Å²) in [7, 11) is 1.74. The molecule has 2 heterocycles. The predicted molar refractivity (Wildman–Crippen MR) is 74.4 cm³/mol. The lowest BCUT2D eigenvalue weighted by atomic mass is 10.0. The van der Waals surface area contributed by atoms with Gasteiger partial charge in [0.1, 0.15) is 0 Å². The minimum absolute atomic E-state index is 0.303. The van der Waals surface area contributed by atoms with Gasteiger partial charge in [0.2, 0.25) is 0 Å². The van der Waals surface area contributed by atoms with Crippen molar-refractivity contribution in [3.8, 4) is 0 Å². The first-order valence-corrected chi connectivity index (χ1v) is 6.74. The first kappa shape index (κ1) is 12.4. The Kier molecular flexibility index (Phi) is 3.40. The predicted octanol–water partition coefficient (Wildman–Crippen LogP) is 0.483. The van der Waals surface area contributed by atoms with E-state index in [9.17, 15) is 4.79 Å². The lowest BCUT2D eigenvalue weighted by Crippen LogP contribution is -2.47. The van der Waals surface area contributed by atoms with E-state index in [4.69, 9.17) is 4.42 Å². The fourth-order valence-electron chi connectivity index (χ4n) is 2.36. The van der Waals surface area contributed by atoms with Crippen molar-refractivity contribution in [2.24, 2.45) is 13.0 Å². The van der Waals surface area contributed by atoms with Crippen LogP contribution in [0.4, 0.5) is 0 Å². The van der Waals surface area contributed by atoms with Crippen LogP contribution in [0.15, 0.2) is 27.4 Å². The number of nitrogens with one attached hydrogen (secondary N) is 2. The summed E-state index contributed by atoms with van der Waals surface area (Å²) >= 11 is 0. The van der Waals surface area contributed by atoms with Crippen LogP contribution in [-0.4, -0.2) is 30.7 Å². The number of aryl methyl sites for hydroxylation is 1. The van der Waals surface area contributed by atoms with Crippen LogP contribution in [0.25, 0.3) is 11.1 Å². The zero-order chi connectivity index (χ0) is 13.2. The normalized spacial score (nSPS) is 15.8. The Hall–Kier alpha value is -1.59. The number of oxazole rings is 1. The number of nitrogens with zero attached hydrogens (tertiary/aromatic N) is 1. The highest BCUT2D eigenvalue weighted by Crippen LogP contribution is 2.14. The van der Waals surface area contributed by atoms with Gasteiger partial charge in [-0.15, -0.1) is 0 Å². The average Bonchev–Trinajstić information content (AvgIpc) is 2.63. The largest absolute Gasteiger partial charge is 0.419 e. The van der Waals surface area contributed by atoms with Gasteiger partial charge in [-0.1, -0.05) is 6.07 Å². The maximum atomic E-state index is 11.4. The first-order valence-electron chi connectivity index (χ1n) is 6.74. The molecule has 0 atom stereocenters. The standard InChI is InChI=1S/C14H19N3O2/c1-17-12-6-10(2-3-13(12)19-14(17)18)4-5-15-7-11-8-16-9-11/h2-3,6,11,15-16H,4-5,7-9H2,1H3. The van der Waals surface area contributed by atoms with Crippen molar-refractivity contribution in [1.82, 2.24) is 15.2 Å². The van der Waals surface area contributed by atoms with Gasteiger partial charge < -0.3 is 15.1 Å². The molecule has 0 amide bonds. The molecule has 0 aliphatic carbocycles. The van der Waals surface area contributed by atoms with Crippen molar-refractivity contribution in [3.05, 3.63) is 34.3 Å². The van der Waals surface area contributed by atoms with Crippen molar-refractivity contribution in [2.75, 3.05) is 26.2 Å². The van der Waals surface area contributed by atoms with Crippen molar-refractivity contribution in [2.45, 2.75) is 6.42 Å². The van der Waals surface area contributed by atoms with Crippen LogP contribution in [0.2, 0.25) is 0 Å². The third kappa shape index (κ3) is 2.57. The van der Waals surface area contributed by atoms with E-state index in [-0.39, 0.29) is 5.76 Å². The number of fused-ring (bicyclic) bond motifs is 1. The lowest BCUT2D eigenvalue weighted by molar-refractivity contribution is 0.333. The minimum Gasteiger partial charge on any atom is -0.408 e. The van der Waals surface area contributed by atoms with Gasteiger partial charge in [-0.3, -0.25) is 4.57 Å². The molecule has 0 saturated carbocycles. The van der Waals surface area contributed by atoms with Gasteiger partial charge in [-0.05, 0) is 36.6 Å². The number of benzene rings is 1. The van der Waals surface area contributed by atoms with Gasteiger partial charge in [0.15, 0.2) is 5.58 Å². The summed E-state index contributed by atoms with van der Waals surface area (Å²) in [6.07, 6.45) is 0.968. The van der Waals surface area contributed by atoms with E-state index in [1.165, 1.54) is 5.56 Å². The second-order valence-electron chi connectivity index (χ2n) is 5.21. The molecule has 1 aromatic carbocycles. The quantitative estimate of drug-likeness (QED) is 0.769. The highest BCUT2D eigenvalue weighted by atomic mass is 16.4. The Balaban J connectivity index is 1.60. The molecule has 1 saturated heterocycles. The van der Waals surface area contributed by atoms with E-state index in [1.807, 2.05) is 18.2 Å². The summed E-state index contributed by atoms with van der Waals surface area (Å²) in [6.45, 7) is 4.32. The summed E-state index contributed by atoms with van der Waals surface area (Å²) in [5, 5.41) is 6.74. The molecule has 0 unspecified atom stereocenters. The molecule has 102 valence electrons. The van der Waals surface area contributed by atoms with Gasteiger partial charge in [0.25, 0.3) is 0 Å². The molecule has 19 heavy (non-hydrogen) atoms. The zero-order valence-corrected chi connectivity index (χ0v) is 11.1. The van der Waals surface area contributed by atoms with E-state index in [0.717, 1.165) is 44.0 Å². The second kappa shape index (κ2) is 5.19. The molecule has 0 radical (unpaired) electrons. The Labute approximate surface area is 111 Å². The van der Waals surface area contributed by atoms with Crippen LogP contribution in [0.1, 0.15) is 5.56 Å². The van der Waals surface area contributed by atoms with Gasteiger partial charge in [-0.25, -0.2) is 4.79 Å².